The molecular formula is C15H20N6O2S. The minimum atomic E-state index is -0.194. The molecule has 2 aliphatic heterocycles. The second-order valence-electron chi connectivity index (χ2n) is 6.12. The maximum Gasteiger partial charge on any atom is 0.218 e. The number of ether oxygens (including phenoxy) is 2. The van der Waals surface area contributed by atoms with Crippen LogP contribution in [0.2, 0.25) is 0 Å². The summed E-state index contributed by atoms with van der Waals surface area (Å²) in [5.74, 6) is 1.47. The van der Waals surface area contributed by atoms with E-state index in [0.29, 0.717) is 12.5 Å². The van der Waals surface area contributed by atoms with Gasteiger partial charge in [-0.15, -0.1) is 10.2 Å². The lowest BCUT2D eigenvalue weighted by Crippen LogP contribution is -2.60. The largest absolute Gasteiger partial charge is 0.481 e. The number of methoxy groups -OCH3 is 1. The zero-order valence-electron chi connectivity index (χ0n) is 13.6. The Labute approximate surface area is 144 Å². The summed E-state index contributed by atoms with van der Waals surface area (Å²) in [6.45, 7) is 4.15. The molecule has 2 saturated heterocycles. The SMILES string of the molecule is COc1cc(N2CCOC3(CCCN(c4nncs4)C3)C2)ncn1. The van der Waals surface area contributed by atoms with E-state index in [0.717, 1.165) is 50.0 Å². The highest BCUT2D eigenvalue weighted by molar-refractivity contribution is 7.13. The third kappa shape index (κ3) is 3.01. The number of rotatable bonds is 3. The fourth-order valence-electron chi connectivity index (χ4n) is 3.47. The van der Waals surface area contributed by atoms with E-state index in [9.17, 15) is 0 Å². The topological polar surface area (TPSA) is 76.5 Å². The van der Waals surface area contributed by atoms with Gasteiger partial charge in [-0.1, -0.05) is 11.3 Å². The number of hydrogen-bond donors (Lipinski definition) is 0. The molecule has 24 heavy (non-hydrogen) atoms. The molecule has 0 saturated carbocycles. The highest BCUT2D eigenvalue weighted by Gasteiger charge is 2.41. The first-order valence-electron chi connectivity index (χ1n) is 8.04. The lowest BCUT2D eigenvalue weighted by molar-refractivity contribution is -0.0631. The van der Waals surface area contributed by atoms with E-state index in [1.54, 1.807) is 30.3 Å². The van der Waals surface area contributed by atoms with E-state index in [-0.39, 0.29) is 5.60 Å². The highest BCUT2D eigenvalue weighted by atomic mass is 32.1. The van der Waals surface area contributed by atoms with Gasteiger partial charge in [-0.25, -0.2) is 9.97 Å². The molecule has 1 unspecified atom stereocenters. The zero-order valence-corrected chi connectivity index (χ0v) is 14.4. The number of anilines is 2. The molecule has 0 N–H and O–H groups in total. The van der Waals surface area contributed by atoms with Crippen molar-refractivity contribution in [1.82, 2.24) is 20.2 Å². The molecule has 0 bridgehead atoms. The maximum atomic E-state index is 6.24. The molecule has 0 amide bonds. The molecule has 2 fully saturated rings. The standard InChI is InChI=1S/C15H20N6O2S/c1-22-13-7-12(16-10-17-13)20-5-6-23-15(8-20)3-2-4-21(9-15)14-19-18-11-24-14/h7,10-11H,2-6,8-9H2,1H3. The molecule has 1 spiro atoms. The van der Waals surface area contributed by atoms with E-state index in [4.69, 9.17) is 9.47 Å². The van der Waals surface area contributed by atoms with Crippen molar-refractivity contribution < 1.29 is 9.47 Å². The van der Waals surface area contributed by atoms with Gasteiger partial charge in [0.05, 0.1) is 26.8 Å². The lowest BCUT2D eigenvalue weighted by atomic mass is 9.91. The summed E-state index contributed by atoms with van der Waals surface area (Å²) < 4.78 is 11.5. The summed E-state index contributed by atoms with van der Waals surface area (Å²) in [4.78, 5) is 13.0. The number of aromatic nitrogens is 4. The molecule has 4 heterocycles. The van der Waals surface area contributed by atoms with Crippen molar-refractivity contribution in [3.63, 3.8) is 0 Å². The van der Waals surface area contributed by atoms with Gasteiger partial charge in [-0.2, -0.15) is 0 Å². The van der Waals surface area contributed by atoms with Gasteiger partial charge >= 0.3 is 0 Å². The molecule has 1 atom stereocenters. The second kappa shape index (κ2) is 6.48. The van der Waals surface area contributed by atoms with Crippen molar-refractivity contribution in [2.45, 2.75) is 18.4 Å². The van der Waals surface area contributed by atoms with Crippen LogP contribution in [0, 0.1) is 0 Å². The third-order valence-electron chi connectivity index (χ3n) is 4.57. The van der Waals surface area contributed by atoms with Crippen molar-refractivity contribution in [1.29, 1.82) is 0 Å². The van der Waals surface area contributed by atoms with Crippen molar-refractivity contribution in [3.05, 3.63) is 17.9 Å². The van der Waals surface area contributed by atoms with Gasteiger partial charge in [-0.3, -0.25) is 0 Å². The Bertz CT molecular complexity index is 680. The maximum absolute atomic E-state index is 6.24. The molecule has 9 heteroatoms. The molecule has 2 aromatic heterocycles. The summed E-state index contributed by atoms with van der Waals surface area (Å²) >= 11 is 1.58. The van der Waals surface area contributed by atoms with Crippen LogP contribution in [-0.2, 0) is 4.74 Å². The Morgan fingerprint density at radius 3 is 3.00 bits per heavy atom. The van der Waals surface area contributed by atoms with Crippen LogP contribution in [0.4, 0.5) is 10.9 Å². The molecule has 8 nitrogen and oxygen atoms in total. The highest BCUT2D eigenvalue weighted by Crippen LogP contribution is 2.33. The molecular weight excluding hydrogens is 328 g/mol. The van der Waals surface area contributed by atoms with Crippen LogP contribution in [0.25, 0.3) is 0 Å². The molecule has 2 aromatic rings. The fourth-order valence-corrected chi connectivity index (χ4v) is 4.06. The van der Waals surface area contributed by atoms with Crippen molar-refractivity contribution in [3.8, 4) is 5.88 Å². The van der Waals surface area contributed by atoms with Crippen LogP contribution in [0.15, 0.2) is 17.9 Å². The summed E-state index contributed by atoms with van der Waals surface area (Å²) in [5, 5.41) is 9.13. The number of nitrogens with zero attached hydrogens (tertiary/aromatic N) is 6. The van der Waals surface area contributed by atoms with E-state index in [1.807, 2.05) is 6.07 Å². The quantitative estimate of drug-likeness (QED) is 0.819. The van der Waals surface area contributed by atoms with Crippen LogP contribution in [0.5, 0.6) is 5.88 Å². The normalized spacial score (nSPS) is 24.4. The molecule has 0 aromatic carbocycles. The molecule has 128 valence electrons. The number of hydrogen-bond acceptors (Lipinski definition) is 9. The predicted molar refractivity (Wildman–Crippen MR) is 90.8 cm³/mol. The minimum Gasteiger partial charge on any atom is -0.481 e. The van der Waals surface area contributed by atoms with Gasteiger partial charge in [0, 0.05) is 19.2 Å². The summed E-state index contributed by atoms with van der Waals surface area (Å²) in [6, 6.07) is 1.88. The molecule has 0 radical (unpaired) electrons. The van der Waals surface area contributed by atoms with Crippen LogP contribution in [0.3, 0.4) is 0 Å². The first-order chi connectivity index (χ1) is 11.8. The van der Waals surface area contributed by atoms with Gasteiger partial charge in [0.15, 0.2) is 0 Å². The Balaban J connectivity index is 1.53. The van der Waals surface area contributed by atoms with Crippen LogP contribution < -0.4 is 14.5 Å². The Morgan fingerprint density at radius 1 is 1.25 bits per heavy atom. The van der Waals surface area contributed by atoms with Crippen molar-refractivity contribution in [2.24, 2.45) is 0 Å². The fraction of sp³-hybridized carbons (Fsp3) is 0.600. The second-order valence-corrected chi connectivity index (χ2v) is 6.93. The van der Waals surface area contributed by atoms with E-state index in [1.165, 1.54) is 0 Å². The first-order valence-corrected chi connectivity index (χ1v) is 8.92. The van der Waals surface area contributed by atoms with Crippen LogP contribution in [0.1, 0.15) is 12.8 Å². The molecule has 2 aliphatic rings. The van der Waals surface area contributed by atoms with Crippen molar-refractivity contribution in [2.75, 3.05) is 49.7 Å². The smallest absolute Gasteiger partial charge is 0.218 e. The van der Waals surface area contributed by atoms with E-state index in [2.05, 4.69) is 30.0 Å². The first kappa shape index (κ1) is 15.5. The van der Waals surface area contributed by atoms with Gasteiger partial charge in [-0.05, 0) is 12.8 Å². The van der Waals surface area contributed by atoms with Crippen molar-refractivity contribution >= 4 is 22.3 Å². The predicted octanol–water partition coefficient (Wildman–Crippen LogP) is 1.21. The monoisotopic (exact) mass is 348 g/mol. The van der Waals surface area contributed by atoms with Crippen LogP contribution >= 0.6 is 11.3 Å². The Hall–Kier alpha value is -2.00. The average molecular weight is 348 g/mol. The number of piperidine rings is 1. The van der Waals surface area contributed by atoms with E-state index >= 15 is 0 Å². The lowest BCUT2D eigenvalue weighted by Gasteiger charge is -2.48. The Morgan fingerprint density at radius 2 is 2.17 bits per heavy atom. The van der Waals surface area contributed by atoms with Crippen LogP contribution in [-0.4, -0.2) is 65.7 Å². The third-order valence-corrected chi connectivity index (χ3v) is 5.32. The average Bonchev–Trinajstić information content (AvgIpc) is 3.17. The van der Waals surface area contributed by atoms with Gasteiger partial charge in [0.1, 0.15) is 23.3 Å². The molecule has 4 rings (SSSR count). The van der Waals surface area contributed by atoms with Gasteiger partial charge in [0.25, 0.3) is 0 Å². The van der Waals surface area contributed by atoms with E-state index < -0.39 is 0 Å². The van der Waals surface area contributed by atoms with Gasteiger partial charge < -0.3 is 19.3 Å². The minimum absolute atomic E-state index is 0.194. The summed E-state index contributed by atoms with van der Waals surface area (Å²) in [5.41, 5.74) is 1.58. The summed E-state index contributed by atoms with van der Waals surface area (Å²) in [6.07, 6.45) is 3.67. The number of morpholine rings is 1. The zero-order chi connectivity index (χ0) is 16.4. The van der Waals surface area contributed by atoms with Gasteiger partial charge in [0.2, 0.25) is 11.0 Å². The summed E-state index contributed by atoms with van der Waals surface area (Å²) in [7, 11) is 1.62. The molecule has 0 aliphatic carbocycles. The Kier molecular flexibility index (Phi) is 4.19.